The minimum absolute atomic E-state index is 0.263. The first-order chi connectivity index (χ1) is 11.8. The van der Waals surface area contributed by atoms with Gasteiger partial charge in [0.1, 0.15) is 5.82 Å². The molecule has 0 atom stereocenters. The van der Waals surface area contributed by atoms with Gasteiger partial charge in [-0.3, -0.25) is 0 Å². The number of fused-ring (bicyclic) bond motifs is 1. The third-order valence-electron chi connectivity index (χ3n) is 3.30. The fourth-order valence-corrected chi connectivity index (χ4v) is 2.12. The normalized spacial score (nSPS) is 10.8. The van der Waals surface area contributed by atoms with Crippen molar-refractivity contribution in [1.82, 2.24) is 19.9 Å². The van der Waals surface area contributed by atoms with E-state index in [2.05, 4.69) is 30.6 Å². The first-order valence-corrected chi connectivity index (χ1v) is 7.46. The summed E-state index contributed by atoms with van der Waals surface area (Å²) in [6.45, 7) is 1.62. The maximum absolute atomic E-state index is 12.9. The van der Waals surface area contributed by atoms with Gasteiger partial charge in [-0.25, -0.2) is 14.4 Å². The monoisotopic (exact) mass is 328 g/mol. The smallest absolute Gasteiger partial charge is 0.227 e. The maximum Gasteiger partial charge on any atom is 0.227 e. The molecule has 0 amide bonds. The van der Waals surface area contributed by atoms with Crippen LogP contribution < -0.4 is 10.6 Å². The number of hydrogen-bond donors (Lipinski definition) is 2. The topological polar surface area (TPSA) is 84.9 Å². The van der Waals surface area contributed by atoms with Gasteiger partial charge in [-0.1, -0.05) is 12.1 Å². The number of halogens is 1. The number of ether oxygens (including phenoxy) is 1. The van der Waals surface area contributed by atoms with Gasteiger partial charge in [-0.2, -0.15) is 9.97 Å². The number of nitrogens with one attached hydrogen (secondary N) is 2. The number of rotatable bonds is 7. The van der Waals surface area contributed by atoms with Gasteiger partial charge in [0, 0.05) is 32.6 Å². The summed E-state index contributed by atoms with van der Waals surface area (Å²) in [4.78, 5) is 17.3. The van der Waals surface area contributed by atoms with Crippen molar-refractivity contribution >= 4 is 22.9 Å². The largest absolute Gasteiger partial charge is 0.383 e. The zero-order chi connectivity index (χ0) is 16.8. The van der Waals surface area contributed by atoms with E-state index in [1.54, 1.807) is 31.6 Å². The number of hydrogen-bond acceptors (Lipinski definition) is 7. The molecule has 0 radical (unpaired) electrons. The van der Waals surface area contributed by atoms with Crippen molar-refractivity contribution < 1.29 is 9.13 Å². The van der Waals surface area contributed by atoms with Crippen LogP contribution in [-0.4, -0.2) is 40.2 Å². The highest BCUT2D eigenvalue weighted by atomic mass is 19.1. The average Bonchev–Trinajstić information content (AvgIpc) is 2.61. The predicted molar refractivity (Wildman–Crippen MR) is 89.2 cm³/mol. The van der Waals surface area contributed by atoms with E-state index in [-0.39, 0.29) is 5.82 Å². The van der Waals surface area contributed by atoms with E-state index in [0.717, 1.165) is 5.56 Å². The Morgan fingerprint density at radius 2 is 1.83 bits per heavy atom. The Kier molecular flexibility index (Phi) is 5.07. The van der Waals surface area contributed by atoms with Crippen LogP contribution in [0.25, 0.3) is 11.2 Å². The zero-order valence-electron chi connectivity index (χ0n) is 13.2. The molecule has 0 aliphatic heterocycles. The number of methoxy groups -OCH3 is 1. The molecule has 0 bridgehead atoms. The molecule has 0 unspecified atom stereocenters. The summed E-state index contributed by atoms with van der Waals surface area (Å²) in [7, 11) is 1.63. The molecular weight excluding hydrogens is 311 g/mol. The van der Waals surface area contributed by atoms with Crippen molar-refractivity contribution in [1.29, 1.82) is 0 Å². The van der Waals surface area contributed by atoms with Crippen LogP contribution in [0.15, 0.2) is 36.7 Å². The second-order valence-corrected chi connectivity index (χ2v) is 5.02. The van der Waals surface area contributed by atoms with Crippen molar-refractivity contribution in [2.75, 3.05) is 30.9 Å². The summed E-state index contributed by atoms with van der Waals surface area (Å²) in [5.41, 5.74) is 2.02. The Balaban J connectivity index is 1.80. The first kappa shape index (κ1) is 16.0. The van der Waals surface area contributed by atoms with Crippen molar-refractivity contribution in [2.24, 2.45) is 0 Å². The van der Waals surface area contributed by atoms with E-state index >= 15 is 0 Å². The predicted octanol–water partition coefficient (Wildman–Crippen LogP) is 2.23. The SMILES string of the molecule is COCCNc1nc(NCc2ccc(F)cc2)nc2nccnc12. The lowest BCUT2D eigenvalue weighted by molar-refractivity contribution is 0.210. The van der Waals surface area contributed by atoms with Gasteiger partial charge in [-0.15, -0.1) is 0 Å². The van der Waals surface area contributed by atoms with Crippen LogP contribution >= 0.6 is 0 Å². The van der Waals surface area contributed by atoms with E-state index in [1.807, 2.05) is 0 Å². The zero-order valence-corrected chi connectivity index (χ0v) is 13.2. The van der Waals surface area contributed by atoms with Gasteiger partial charge in [-0.05, 0) is 17.7 Å². The third-order valence-corrected chi connectivity index (χ3v) is 3.30. The average molecular weight is 328 g/mol. The number of nitrogens with zero attached hydrogens (tertiary/aromatic N) is 4. The van der Waals surface area contributed by atoms with Crippen LogP contribution in [0, 0.1) is 5.82 Å². The van der Waals surface area contributed by atoms with Crippen molar-refractivity contribution in [3.05, 3.63) is 48.0 Å². The Morgan fingerprint density at radius 1 is 1.04 bits per heavy atom. The van der Waals surface area contributed by atoms with Gasteiger partial charge in [0.05, 0.1) is 6.61 Å². The third kappa shape index (κ3) is 3.90. The molecule has 7 nitrogen and oxygen atoms in total. The fourth-order valence-electron chi connectivity index (χ4n) is 2.12. The van der Waals surface area contributed by atoms with Crippen LogP contribution in [0.2, 0.25) is 0 Å². The van der Waals surface area contributed by atoms with Crippen LogP contribution in [0.4, 0.5) is 16.2 Å². The molecular formula is C16H17FN6O. The van der Waals surface area contributed by atoms with Crippen LogP contribution in [0.1, 0.15) is 5.56 Å². The molecule has 0 spiro atoms. The van der Waals surface area contributed by atoms with Crippen molar-refractivity contribution in [2.45, 2.75) is 6.54 Å². The quantitative estimate of drug-likeness (QED) is 0.643. The summed E-state index contributed by atoms with van der Waals surface area (Å²) in [5, 5.41) is 6.29. The minimum atomic E-state index is -0.263. The molecule has 0 saturated heterocycles. The van der Waals surface area contributed by atoms with Gasteiger partial charge >= 0.3 is 0 Å². The summed E-state index contributed by atoms with van der Waals surface area (Å²) < 4.78 is 18.0. The van der Waals surface area contributed by atoms with Gasteiger partial charge in [0.15, 0.2) is 17.0 Å². The van der Waals surface area contributed by atoms with Gasteiger partial charge in [0.25, 0.3) is 0 Å². The van der Waals surface area contributed by atoms with Gasteiger partial charge in [0.2, 0.25) is 5.95 Å². The lowest BCUT2D eigenvalue weighted by Gasteiger charge is -2.10. The Bertz CT molecular complexity index is 811. The maximum atomic E-state index is 12.9. The molecule has 0 aliphatic carbocycles. The van der Waals surface area contributed by atoms with Crippen molar-refractivity contribution in [3.8, 4) is 0 Å². The Morgan fingerprint density at radius 3 is 2.62 bits per heavy atom. The molecule has 124 valence electrons. The number of aromatic nitrogens is 4. The lowest BCUT2D eigenvalue weighted by Crippen LogP contribution is -2.12. The summed E-state index contributed by atoms with van der Waals surface area (Å²) in [5.74, 6) is 0.750. The van der Waals surface area contributed by atoms with E-state index in [1.165, 1.54) is 12.1 Å². The molecule has 0 fully saturated rings. The van der Waals surface area contributed by atoms with Crippen molar-refractivity contribution in [3.63, 3.8) is 0 Å². The molecule has 2 N–H and O–H groups in total. The second-order valence-electron chi connectivity index (χ2n) is 5.02. The van der Waals surface area contributed by atoms with Gasteiger partial charge < -0.3 is 15.4 Å². The Labute approximate surface area is 138 Å². The van der Waals surface area contributed by atoms with Crippen LogP contribution in [0.3, 0.4) is 0 Å². The second kappa shape index (κ2) is 7.60. The molecule has 8 heteroatoms. The fraction of sp³-hybridized carbons (Fsp3) is 0.250. The van der Waals surface area contributed by atoms with E-state index in [4.69, 9.17) is 4.74 Å². The highest BCUT2D eigenvalue weighted by molar-refractivity contribution is 5.83. The molecule has 2 heterocycles. The molecule has 2 aromatic heterocycles. The van der Waals surface area contributed by atoms with E-state index in [0.29, 0.717) is 42.6 Å². The molecule has 24 heavy (non-hydrogen) atoms. The summed E-state index contributed by atoms with van der Waals surface area (Å²) in [6.07, 6.45) is 3.18. The lowest BCUT2D eigenvalue weighted by atomic mass is 10.2. The number of anilines is 2. The standard InChI is InChI=1S/C16H17FN6O/c1-24-9-8-20-15-13-14(19-7-6-18-13)22-16(23-15)21-10-11-2-4-12(17)5-3-11/h2-7H,8-10H2,1H3,(H2,19,20,21,22,23). The molecule has 1 aromatic carbocycles. The highest BCUT2D eigenvalue weighted by Gasteiger charge is 2.09. The van der Waals surface area contributed by atoms with Crippen LogP contribution in [-0.2, 0) is 11.3 Å². The van der Waals surface area contributed by atoms with E-state index in [9.17, 15) is 4.39 Å². The van der Waals surface area contributed by atoms with Crippen LogP contribution in [0.5, 0.6) is 0 Å². The molecule has 0 aliphatic rings. The highest BCUT2D eigenvalue weighted by Crippen LogP contribution is 2.18. The first-order valence-electron chi connectivity index (χ1n) is 7.46. The molecule has 3 rings (SSSR count). The number of benzene rings is 1. The van der Waals surface area contributed by atoms with E-state index < -0.39 is 0 Å². The summed E-state index contributed by atoms with van der Waals surface area (Å²) in [6, 6.07) is 6.25. The Hall–Kier alpha value is -2.87. The molecule has 0 saturated carbocycles. The minimum Gasteiger partial charge on any atom is -0.383 e. The summed E-state index contributed by atoms with van der Waals surface area (Å²) >= 11 is 0. The molecule has 3 aromatic rings.